The molecular formula is C25H23NO4. The number of hydrogen-bond acceptors (Lipinski definition) is 4. The van der Waals surface area contributed by atoms with Gasteiger partial charge in [-0.3, -0.25) is 0 Å². The van der Waals surface area contributed by atoms with Crippen LogP contribution in [0.25, 0.3) is 11.1 Å². The third-order valence-corrected chi connectivity index (χ3v) is 6.13. The van der Waals surface area contributed by atoms with E-state index in [9.17, 15) is 9.90 Å². The number of fused-ring (bicyclic) bond motifs is 3. The van der Waals surface area contributed by atoms with Crippen LogP contribution in [0.5, 0.6) is 5.75 Å². The van der Waals surface area contributed by atoms with Crippen molar-refractivity contribution in [2.75, 3.05) is 26.8 Å². The van der Waals surface area contributed by atoms with Crippen LogP contribution in [0, 0.1) is 0 Å². The maximum absolute atomic E-state index is 12.6. The molecule has 5 heteroatoms. The number of likely N-dealkylation sites (tertiary alicyclic amines) is 1. The minimum Gasteiger partial charge on any atom is -0.497 e. The molecule has 1 saturated heterocycles. The van der Waals surface area contributed by atoms with E-state index in [0.717, 1.165) is 11.3 Å². The van der Waals surface area contributed by atoms with E-state index >= 15 is 0 Å². The van der Waals surface area contributed by atoms with Gasteiger partial charge in [0.1, 0.15) is 18.0 Å². The van der Waals surface area contributed by atoms with Gasteiger partial charge in [0.2, 0.25) is 0 Å². The van der Waals surface area contributed by atoms with Crippen molar-refractivity contribution in [3.8, 4) is 16.9 Å². The lowest BCUT2D eigenvalue weighted by Gasteiger charge is -2.45. The van der Waals surface area contributed by atoms with Gasteiger partial charge in [-0.25, -0.2) is 4.79 Å². The van der Waals surface area contributed by atoms with Crippen LogP contribution in [0.4, 0.5) is 4.79 Å². The first kappa shape index (κ1) is 18.7. The first-order chi connectivity index (χ1) is 14.6. The standard InChI is InChI=1S/C25H23NO4/c1-29-18-12-10-17(11-13-18)25(28)15-26(16-25)24(27)30-14-23-21-8-4-2-6-19(21)20-7-3-5-9-22(20)23/h2-13,23,28H,14-16H2,1H3. The van der Waals surface area contributed by atoms with Gasteiger partial charge in [-0.05, 0) is 39.9 Å². The topological polar surface area (TPSA) is 59.0 Å². The summed E-state index contributed by atoms with van der Waals surface area (Å²) in [6, 6.07) is 23.8. The Morgan fingerprint density at radius 2 is 1.53 bits per heavy atom. The molecule has 0 unspecified atom stereocenters. The van der Waals surface area contributed by atoms with Gasteiger partial charge < -0.3 is 19.5 Å². The van der Waals surface area contributed by atoms with E-state index in [1.807, 2.05) is 48.5 Å². The Labute approximate surface area is 175 Å². The summed E-state index contributed by atoms with van der Waals surface area (Å²) in [6.45, 7) is 0.719. The predicted octanol–water partition coefficient (Wildman–Crippen LogP) is 4.15. The Balaban J connectivity index is 1.24. The van der Waals surface area contributed by atoms with Crippen LogP contribution in [-0.4, -0.2) is 42.9 Å². The number of amides is 1. The normalized spacial score (nSPS) is 16.4. The molecule has 1 heterocycles. The average Bonchev–Trinajstić information content (AvgIpc) is 3.09. The lowest BCUT2D eigenvalue weighted by Crippen LogP contribution is -2.61. The highest BCUT2D eigenvalue weighted by molar-refractivity contribution is 5.79. The average molecular weight is 401 g/mol. The minimum absolute atomic E-state index is 0.0306. The minimum atomic E-state index is -1.04. The molecule has 3 aromatic carbocycles. The van der Waals surface area contributed by atoms with Crippen LogP contribution in [0.3, 0.4) is 0 Å². The Morgan fingerprint density at radius 1 is 0.967 bits per heavy atom. The highest BCUT2D eigenvalue weighted by Crippen LogP contribution is 2.44. The first-order valence-electron chi connectivity index (χ1n) is 10.1. The highest BCUT2D eigenvalue weighted by atomic mass is 16.6. The summed E-state index contributed by atoms with van der Waals surface area (Å²) < 4.78 is 10.8. The number of hydrogen-bond donors (Lipinski definition) is 1. The maximum Gasteiger partial charge on any atom is 0.410 e. The van der Waals surface area contributed by atoms with Crippen molar-refractivity contribution in [1.29, 1.82) is 0 Å². The molecule has 1 amide bonds. The molecule has 5 nitrogen and oxygen atoms in total. The van der Waals surface area contributed by atoms with E-state index in [1.165, 1.54) is 27.2 Å². The fourth-order valence-electron chi connectivity index (χ4n) is 4.48. The second-order valence-electron chi connectivity index (χ2n) is 7.92. The summed E-state index contributed by atoms with van der Waals surface area (Å²) in [4.78, 5) is 14.1. The van der Waals surface area contributed by atoms with Gasteiger partial charge in [0.25, 0.3) is 0 Å². The van der Waals surface area contributed by atoms with Gasteiger partial charge in [-0.15, -0.1) is 0 Å². The fourth-order valence-corrected chi connectivity index (χ4v) is 4.48. The number of nitrogens with zero attached hydrogens (tertiary/aromatic N) is 1. The Bertz CT molecular complexity index is 1040. The molecule has 152 valence electrons. The third-order valence-electron chi connectivity index (χ3n) is 6.13. The van der Waals surface area contributed by atoms with Crippen molar-refractivity contribution in [3.63, 3.8) is 0 Å². The van der Waals surface area contributed by atoms with Crippen molar-refractivity contribution < 1.29 is 19.4 Å². The van der Waals surface area contributed by atoms with Crippen LogP contribution in [-0.2, 0) is 10.3 Å². The Hall–Kier alpha value is -3.31. The van der Waals surface area contributed by atoms with Gasteiger partial charge in [-0.1, -0.05) is 60.7 Å². The lowest BCUT2D eigenvalue weighted by atomic mass is 9.86. The number of β-amino-alcohol motifs (C(OH)–C–C–N with tert-alkyl or cyclic N) is 1. The van der Waals surface area contributed by atoms with Gasteiger partial charge in [-0.2, -0.15) is 0 Å². The number of rotatable bonds is 4. The van der Waals surface area contributed by atoms with E-state index < -0.39 is 11.7 Å². The first-order valence-corrected chi connectivity index (χ1v) is 10.1. The SMILES string of the molecule is COc1ccc(C2(O)CN(C(=O)OCC3c4ccccc4-c4ccccc43)C2)cc1. The van der Waals surface area contributed by atoms with E-state index in [1.54, 1.807) is 7.11 Å². The number of carbonyl (C=O) groups excluding carboxylic acids is 1. The summed E-state index contributed by atoms with van der Waals surface area (Å²) in [5, 5.41) is 10.8. The summed E-state index contributed by atoms with van der Waals surface area (Å²) in [6.07, 6.45) is -0.393. The quantitative estimate of drug-likeness (QED) is 0.714. The van der Waals surface area contributed by atoms with Crippen LogP contribution >= 0.6 is 0 Å². The third kappa shape index (κ3) is 3.02. The number of benzene rings is 3. The van der Waals surface area contributed by atoms with E-state index in [0.29, 0.717) is 0 Å². The number of ether oxygens (including phenoxy) is 2. The lowest BCUT2D eigenvalue weighted by molar-refractivity contribution is -0.0943. The molecule has 2 aliphatic rings. The van der Waals surface area contributed by atoms with Gasteiger partial charge in [0.05, 0.1) is 20.2 Å². The highest BCUT2D eigenvalue weighted by Gasteiger charge is 2.46. The largest absolute Gasteiger partial charge is 0.497 e. The molecule has 1 N–H and O–H groups in total. The molecule has 0 spiro atoms. The van der Waals surface area contributed by atoms with Crippen LogP contribution in [0.1, 0.15) is 22.6 Å². The number of methoxy groups -OCH3 is 1. The Kier molecular flexibility index (Phi) is 4.48. The second-order valence-corrected chi connectivity index (χ2v) is 7.92. The number of carbonyl (C=O) groups is 1. The van der Waals surface area contributed by atoms with Crippen molar-refractivity contribution >= 4 is 6.09 Å². The molecule has 0 aromatic heterocycles. The molecule has 30 heavy (non-hydrogen) atoms. The van der Waals surface area contributed by atoms with Crippen LogP contribution in [0.2, 0.25) is 0 Å². The van der Waals surface area contributed by atoms with Gasteiger partial charge in [0, 0.05) is 5.92 Å². The second kappa shape index (κ2) is 7.18. The zero-order valence-corrected chi connectivity index (χ0v) is 16.7. The van der Waals surface area contributed by atoms with Crippen LogP contribution < -0.4 is 4.74 Å². The van der Waals surface area contributed by atoms with E-state index in [-0.39, 0.29) is 25.6 Å². The summed E-state index contributed by atoms with van der Waals surface area (Å²) in [5.74, 6) is 0.762. The molecule has 0 radical (unpaired) electrons. The molecular weight excluding hydrogens is 378 g/mol. The Morgan fingerprint density at radius 3 is 2.10 bits per heavy atom. The molecule has 0 saturated carbocycles. The molecule has 1 fully saturated rings. The maximum atomic E-state index is 12.6. The molecule has 3 aromatic rings. The molecule has 5 rings (SSSR count). The summed E-state index contributed by atoms with van der Waals surface area (Å²) >= 11 is 0. The predicted molar refractivity (Wildman–Crippen MR) is 114 cm³/mol. The zero-order valence-electron chi connectivity index (χ0n) is 16.7. The molecule has 0 atom stereocenters. The van der Waals surface area contributed by atoms with Crippen molar-refractivity contribution in [1.82, 2.24) is 4.90 Å². The summed E-state index contributed by atoms with van der Waals surface area (Å²) in [7, 11) is 1.60. The zero-order chi connectivity index (χ0) is 20.7. The number of aliphatic hydroxyl groups is 1. The van der Waals surface area contributed by atoms with Crippen molar-refractivity contribution in [2.45, 2.75) is 11.5 Å². The summed E-state index contributed by atoms with van der Waals surface area (Å²) in [5.41, 5.74) is 4.50. The molecule has 0 bridgehead atoms. The molecule has 1 aliphatic carbocycles. The van der Waals surface area contributed by atoms with Crippen molar-refractivity contribution in [3.05, 3.63) is 89.5 Å². The van der Waals surface area contributed by atoms with E-state index in [2.05, 4.69) is 24.3 Å². The molecule has 1 aliphatic heterocycles. The monoisotopic (exact) mass is 401 g/mol. The van der Waals surface area contributed by atoms with Gasteiger partial charge in [0.15, 0.2) is 0 Å². The van der Waals surface area contributed by atoms with Crippen LogP contribution in [0.15, 0.2) is 72.8 Å². The van der Waals surface area contributed by atoms with Gasteiger partial charge >= 0.3 is 6.09 Å². The smallest absolute Gasteiger partial charge is 0.410 e. The fraction of sp³-hybridized carbons (Fsp3) is 0.240. The van der Waals surface area contributed by atoms with E-state index in [4.69, 9.17) is 9.47 Å². The van der Waals surface area contributed by atoms with Crippen molar-refractivity contribution in [2.24, 2.45) is 0 Å².